The summed E-state index contributed by atoms with van der Waals surface area (Å²) in [6.45, 7) is 7.30. The number of fused-ring (bicyclic) bond motifs is 1. The van der Waals surface area contributed by atoms with Crippen LogP contribution in [0.1, 0.15) is 25.3 Å². The largest absolute Gasteiger partial charge is 0.377 e. The molecule has 0 saturated carbocycles. The van der Waals surface area contributed by atoms with Crippen molar-refractivity contribution in [3.63, 3.8) is 0 Å². The van der Waals surface area contributed by atoms with Gasteiger partial charge >= 0.3 is 0 Å². The van der Waals surface area contributed by atoms with Crippen molar-refractivity contribution in [1.82, 2.24) is 9.88 Å². The van der Waals surface area contributed by atoms with Crippen molar-refractivity contribution in [3.05, 3.63) is 36.0 Å². The summed E-state index contributed by atoms with van der Waals surface area (Å²) in [6, 6.07) is 9.27. The van der Waals surface area contributed by atoms with E-state index in [9.17, 15) is 0 Å². The second-order valence-corrected chi connectivity index (χ2v) is 5.87. The molecule has 20 heavy (non-hydrogen) atoms. The van der Waals surface area contributed by atoms with E-state index in [0.717, 1.165) is 19.7 Å². The Hall–Kier alpha value is -1.32. The molecule has 3 nitrogen and oxygen atoms in total. The Balaban J connectivity index is 1.58. The van der Waals surface area contributed by atoms with E-state index in [1.165, 1.54) is 29.3 Å². The van der Waals surface area contributed by atoms with E-state index in [1.54, 1.807) is 0 Å². The van der Waals surface area contributed by atoms with Crippen LogP contribution in [0.3, 0.4) is 0 Å². The molecule has 0 spiro atoms. The lowest BCUT2D eigenvalue weighted by molar-refractivity contribution is 0.0835. The molecule has 0 radical (unpaired) electrons. The number of ether oxygens (including phenoxy) is 1. The highest BCUT2D eigenvalue weighted by atomic mass is 16.5. The molecule has 1 fully saturated rings. The van der Waals surface area contributed by atoms with E-state index in [4.69, 9.17) is 4.74 Å². The quantitative estimate of drug-likeness (QED) is 0.905. The number of aromatic nitrogens is 1. The predicted octanol–water partition coefficient (Wildman–Crippen LogP) is 3.11. The molecule has 1 aromatic carbocycles. The van der Waals surface area contributed by atoms with E-state index in [0.29, 0.717) is 12.1 Å². The fourth-order valence-electron chi connectivity index (χ4n) is 3.03. The van der Waals surface area contributed by atoms with Crippen LogP contribution in [0.5, 0.6) is 0 Å². The maximum absolute atomic E-state index is 5.72. The maximum atomic E-state index is 5.72. The van der Waals surface area contributed by atoms with Crippen molar-refractivity contribution in [2.75, 3.05) is 13.2 Å². The SMILES string of the molecule is Cc1ccc2ccn(CCNC(C)C3CCCO3)c2c1. The van der Waals surface area contributed by atoms with Gasteiger partial charge in [0.1, 0.15) is 0 Å². The zero-order valence-electron chi connectivity index (χ0n) is 12.4. The molecule has 1 saturated heterocycles. The Morgan fingerprint density at radius 3 is 3.10 bits per heavy atom. The molecule has 3 heteroatoms. The molecule has 0 bridgehead atoms. The van der Waals surface area contributed by atoms with Gasteiger partial charge in [0.15, 0.2) is 0 Å². The zero-order chi connectivity index (χ0) is 13.9. The van der Waals surface area contributed by atoms with E-state index < -0.39 is 0 Å². The number of hydrogen-bond donors (Lipinski definition) is 1. The van der Waals surface area contributed by atoms with Gasteiger partial charge in [-0.3, -0.25) is 0 Å². The molecule has 0 amide bonds. The molecule has 1 aliphatic rings. The van der Waals surface area contributed by atoms with Gasteiger partial charge in [-0.2, -0.15) is 0 Å². The second-order valence-electron chi connectivity index (χ2n) is 5.87. The Kier molecular flexibility index (Phi) is 4.08. The lowest BCUT2D eigenvalue weighted by Crippen LogP contribution is -2.38. The second kappa shape index (κ2) is 5.98. The van der Waals surface area contributed by atoms with Crippen molar-refractivity contribution in [3.8, 4) is 0 Å². The number of benzene rings is 1. The highest BCUT2D eigenvalue weighted by Gasteiger charge is 2.21. The topological polar surface area (TPSA) is 26.2 Å². The number of hydrogen-bond acceptors (Lipinski definition) is 2. The molecule has 1 aromatic heterocycles. The third-order valence-corrected chi connectivity index (χ3v) is 4.27. The van der Waals surface area contributed by atoms with Crippen LogP contribution in [-0.4, -0.2) is 29.9 Å². The van der Waals surface area contributed by atoms with Crippen LogP contribution in [0.15, 0.2) is 30.5 Å². The normalized spacial score (nSPS) is 20.6. The van der Waals surface area contributed by atoms with Gasteiger partial charge in [-0.25, -0.2) is 0 Å². The average molecular weight is 272 g/mol. The van der Waals surface area contributed by atoms with Crippen LogP contribution in [0, 0.1) is 6.92 Å². The van der Waals surface area contributed by atoms with E-state index in [2.05, 4.69) is 54.2 Å². The summed E-state index contributed by atoms with van der Waals surface area (Å²) < 4.78 is 8.05. The first-order valence-electron chi connectivity index (χ1n) is 7.64. The molecule has 2 aromatic rings. The first-order valence-corrected chi connectivity index (χ1v) is 7.64. The molecule has 2 atom stereocenters. The third kappa shape index (κ3) is 2.89. The molecule has 2 heterocycles. The van der Waals surface area contributed by atoms with Gasteiger partial charge in [0, 0.05) is 37.5 Å². The van der Waals surface area contributed by atoms with E-state index in [1.807, 2.05) is 0 Å². The van der Waals surface area contributed by atoms with Crippen molar-refractivity contribution in [1.29, 1.82) is 0 Å². The highest BCUT2D eigenvalue weighted by Crippen LogP contribution is 2.18. The summed E-state index contributed by atoms with van der Waals surface area (Å²) in [5.74, 6) is 0. The maximum Gasteiger partial charge on any atom is 0.0726 e. The third-order valence-electron chi connectivity index (χ3n) is 4.27. The number of rotatable bonds is 5. The first-order chi connectivity index (χ1) is 9.74. The van der Waals surface area contributed by atoms with Crippen LogP contribution in [0.2, 0.25) is 0 Å². The monoisotopic (exact) mass is 272 g/mol. The fourth-order valence-corrected chi connectivity index (χ4v) is 3.03. The summed E-state index contributed by atoms with van der Waals surface area (Å²) in [5, 5.41) is 4.92. The van der Waals surface area contributed by atoms with Crippen LogP contribution < -0.4 is 5.32 Å². The van der Waals surface area contributed by atoms with Crippen molar-refractivity contribution < 1.29 is 4.74 Å². The molecule has 1 aliphatic heterocycles. The number of nitrogens with one attached hydrogen (secondary N) is 1. The van der Waals surface area contributed by atoms with Crippen LogP contribution in [0.25, 0.3) is 10.9 Å². The lowest BCUT2D eigenvalue weighted by atomic mass is 10.1. The molecule has 0 aliphatic carbocycles. The summed E-state index contributed by atoms with van der Waals surface area (Å²) >= 11 is 0. The van der Waals surface area contributed by atoms with Crippen molar-refractivity contribution in [2.45, 2.75) is 45.4 Å². The first kappa shape index (κ1) is 13.7. The zero-order valence-corrected chi connectivity index (χ0v) is 12.4. The van der Waals surface area contributed by atoms with Gasteiger partial charge in [0.2, 0.25) is 0 Å². The minimum atomic E-state index is 0.402. The smallest absolute Gasteiger partial charge is 0.0726 e. The summed E-state index contributed by atoms with van der Waals surface area (Å²) in [6.07, 6.45) is 4.99. The van der Waals surface area contributed by atoms with Crippen molar-refractivity contribution in [2.24, 2.45) is 0 Å². The van der Waals surface area contributed by atoms with Gasteiger partial charge < -0.3 is 14.6 Å². The van der Waals surface area contributed by atoms with Gasteiger partial charge in [-0.05, 0) is 49.8 Å². The predicted molar refractivity (Wildman–Crippen MR) is 83.1 cm³/mol. The lowest BCUT2D eigenvalue weighted by Gasteiger charge is -2.20. The molecular weight excluding hydrogens is 248 g/mol. The van der Waals surface area contributed by atoms with Crippen molar-refractivity contribution >= 4 is 10.9 Å². The molecule has 108 valence electrons. The highest BCUT2D eigenvalue weighted by molar-refractivity contribution is 5.80. The van der Waals surface area contributed by atoms with Gasteiger partial charge in [-0.1, -0.05) is 12.1 Å². The minimum absolute atomic E-state index is 0.402. The average Bonchev–Trinajstić information content (AvgIpc) is 3.08. The number of aryl methyl sites for hydroxylation is 1. The molecule has 3 rings (SSSR count). The molecule has 1 N–H and O–H groups in total. The molecular formula is C17H24N2O. The Morgan fingerprint density at radius 1 is 1.40 bits per heavy atom. The van der Waals surface area contributed by atoms with Gasteiger partial charge in [0.05, 0.1) is 6.10 Å². The Labute approximate surface area is 120 Å². The van der Waals surface area contributed by atoms with Gasteiger partial charge in [0.25, 0.3) is 0 Å². The summed E-state index contributed by atoms with van der Waals surface area (Å²) in [7, 11) is 0. The number of nitrogens with zero attached hydrogens (tertiary/aromatic N) is 1. The molecule has 2 unspecified atom stereocenters. The summed E-state index contributed by atoms with van der Waals surface area (Å²) in [5.41, 5.74) is 2.65. The standard InChI is InChI=1S/C17H24N2O/c1-13-5-6-15-7-9-19(16(15)12-13)10-8-18-14(2)17-4-3-11-20-17/h5-7,9,12,14,17-18H,3-4,8,10-11H2,1-2H3. The van der Waals surface area contributed by atoms with E-state index in [-0.39, 0.29) is 0 Å². The summed E-state index contributed by atoms with van der Waals surface area (Å²) in [4.78, 5) is 0. The van der Waals surface area contributed by atoms with Crippen LogP contribution in [0.4, 0.5) is 0 Å². The minimum Gasteiger partial charge on any atom is -0.377 e. The Bertz CT molecular complexity index is 569. The fraction of sp³-hybridized carbons (Fsp3) is 0.529. The van der Waals surface area contributed by atoms with Gasteiger partial charge in [-0.15, -0.1) is 0 Å². The van der Waals surface area contributed by atoms with Crippen LogP contribution in [-0.2, 0) is 11.3 Å². The Morgan fingerprint density at radius 2 is 2.30 bits per heavy atom. The van der Waals surface area contributed by atoms with Crippen LogP contribution >= 0.6 is 0 Å². The van der Waals surface area contributed by atoms with E-state index >= 15 is 0 Å².